The first-order valence-electron chi connectivity index (χ1n) is 9.72. The van der Waals surface area contributed by atoms with Crippen LogP contribution in [-0.2, 0) is 18.3 Å². The molecule has 1 aliphatic heterocycles. The molecule has 3 heterocycles. The summed E-state index contributed by atoms with van der Waals surface area (Å²) < 4.78 is 16.0. The van der Waals surface area contributed by atoms with Crippen LogP contribution in [0.4, 0.5) is 10.3 Å². The first kappa shape index (κ1) is 19.8. The van der Waals surface area contributed by atoms with Gasteiger partial charge in [0.25, 0.3) is 5.56 Å². The SMILES string of the molecule is Cn1c(N[C@H]2CN(C(=O)Cc3ccccc3)C[C@@H]2F)nc(-c2ccncc2)cc1=O. The lowest BCUT2D eigenvalue weighted by Gasteiger charge is -2.19. The normalized spacial score (nSPS) is 18.4. The van der Waals surface area contributed by atoms with Crippen molar-refractivity contribution in [3.63, 3.8) is 0 Å². The van der Waals surface area contributed by atoms with E-state index in [-0.39, 0.29) is 36.9 Å². The number of hydrogen-bond acceptors (Lipinski definition) is 5. The van der Waals surface area contributed by atoms with E-state index in [0.29, 0.717) is 5.69 Å². The summed E-state index contributed by atoms with van der Waals surface area (Å²) in [5, 5.41) is 3.03. The fourth-order valence-electron chi connectivity index (χ4n) is 3.49. The Balaban J connectivity index is 1.50. The number of likely N-dealkylation sites (tertiary alicyclic amines) is 1. The molecule has 8 heteroatoms. The number of benzene rings is 1. The molecule has 3 aromatic rings. The summed E-state index contributed by atoms with van der Waals surface area (Å²) in [5.74, 6) is 0.139. The zero-order valence-corrected chi connectivity index (χ0v) is 16.5. The van der Waals surface area contributed by atoms with Crippen LogP contribution in [-0.4, -0.2) is 50.6 Å². The van der Waals surface area contributed by atoms with Crippen LogP contribution in [0.3, 0.4) is 0 Å². The number of carbonyl (C=O) groups excluding carboxylic acids is 1. The lowest BCUT2D eigenvalue weighted by atomic mass is 10.1. The molecule has 1 saturated heterocycles. The number of carbonyl (C=O) groups is 1. The topological polar surface area (TPSA) is 80.1 Å². The van der Waals surface area contributed by atoms with E-state index < -0.39 is 12.2 Å². The number of alkyl halides is 1. The van der Waals surface area contributed by atoms with E-state index >= 15 is 0 Å². The molecule has 30 heavy (non-hydrogen) atoms. The number of nitrogens with zero attached hydrogens (tertiary/aromatic N) is 4. The van der Waals surface area contributed by atoms with Gasteiger partial charge in [0.05, 0.1) is 24.7 Å². The minimum atomic E-state index is -1.26. The Morgan fingerprint density at radius 1 is 1.17 bits per heavy atom. The highest BCUT2D eigenvalue weighted by molar-refractivity contribution is 5.79. The third-order valence-corrected chi connectivity index (χ3v) is 5.22. The molecule has 0 radical (unpaired) electrons. The summed E-state index contributed by atoms with van der Waals surface area (Å²) >= 11 is 0. The van der Waals surface area contributed by atoms with Gasteiger partial charge in [0.1, 0.15) is 6.17 Å². The van der Waals surface area contributed by atoms with E-state index in [2.05, 4.69) is 15.3 Å². The largest absolute Gasteiger partial charge is 0.348 e. The number of anilines is 1. The number of pyridine rings is 1. The quantitative estimate of drug-likeness (QED) is 0.700. The van der Waals surface area contributed by atoms with Crippen LogP contribution < -0.4 is 10.9 Å². The molecule has 0 unspecified atom stereocenters. The van der Waals surface area contributed by atoms with Gasteiger partial charge in [0.2, 0.25) is 11.9 Å². The third-order valence-electron chi connectivity index (χ3n) is 5.22. The first-order chi connectivity index (χ1) is 14.5. The first-order valence-corrected chi connectivity index (χ1v) is 9.72. The molecule has 1 aliphatic rings. The highest BCUT2D eigenvalue weighted by Gasteiger charge is 2.36. The van der Waals surface area contributed by atoms with E-state index in [1.54, 1.807) is 31.6 Å². The van der Waals surface area contributed by atoms with Crippen molar-refractivity contribution in [3.05, 3.63) is 76.8 Å². The lowest BCUT2D eigenvalue weighted by molar-refractivity contribution is -0.129. The van der Waals surface area contributed by atoms with Gasteiger partial charge in [-0.1, -0.05) is 30.3 Å². The highest BCUT2D eigenvalue weighted by atomic mass is 19.1. The predicted molar refractivity (Wildman–Crippen MR) is 112 cm³/mol. The van der Waals surface area contributed by atoms with Crippen LogP contribution in [0.25, 0.3) is 11.3 Å². The van der Waals surface area contributed by atoms with Gasteiger partial charge in [0, 0.05) is 37.6 Å². The maximum Gasteiger partial charge on any atom is 0.255 e. The molecule has 0 saturated carbocycles. The van der Waals surface area contributed by atoms with Crippen LogP contribution in [0.2, 0.25) is 0 Å². The second kappa shape index (κ2) is 8.44. The minimum absolute atomic E-state index is 0.0152. The van der Waals surface area contributed by atoms with E-state index in [1.165, 1.54) is 15.5 Å². The van der Waals surface area contributed by atoms with E-state index in [0.717, 1.165) is 11.1 Å². The Bertz CT molecular complexity index is 1090. The Morgan fingerprint density at radius 2 is 1.90 bits per heavy atom. The Hall–Kier alpha value is -3.55. The summed E-state index contributed by atoms with van der Waals surface area (Å²) in [4.78, 5) is 34.9. The number of halogens is 1. The van der Waals surface area contributed by atoms with Crippen molar-refractivity contribution in [1.29, 1.82) is 0 Å². The van der Waals surface area contributed by atoms with Crippen LogP contribution in [0, 0.1) is 0 Å². The fourth-order valence-corrected chi connectivity index (χ4v) is 3.49. The standard InChI is InChI=1S/C22H22FN5O2/c1-27-20(29)12-18(16-7-9-24-10-8-16)25-22(27)26-19-14-28(13-17(19)23)21(30)11-15-5-3-2-4-6-15/h2-10,12,17,19H,11,13-14H2,1H3,(H,25,26)/t17-,19-/m0/s1. The molecule has 4 rings (SSSR count). The van der Waals surface area contributed by atoms with Gasteiger partial charge >= 0.3 is 0 Å². The average Bonchev–Trinajstić information content (AvgIpc) is 3.13. The van der Waals surface area contributed by atoms with Crippen LogP contribution in [0.15, 0.2) is 65.7 Å². The molecule has 0 aliphatic carbocycles. The summed E-state index contributed by atoms with van der Waals surface area (Å²) in [5.41, 5.74) is 1.86. The average molecular weight is 407 g/mol. The molecule has 1 N–H and O–H groups in total. The summed E-state index contributed by atoms with van der Waals surface area (Å²) in [6.07, 6.45) is 2.21. The molecule has 1 aromatic carbocycles. The van der Waals surface area contributed by atoms with Gasteiger partial charge in [-0.2, -0.15) is 0 Å². The van der Waals surface area contributed by atoms with Gasteiger partial charge in [-0.05, 0) is 17.7 Å². The van der Waals surface area contributed by atoms with Gasteiger partial charge in [-0.15, -0.1) is 0 Å². The number of rotatable bonds is 5. The van der Waals surface area contributed by atoms with Crippen LogP contribution in [0.5, 0.6) is 0 Å². The third kappa shape index (κ3) is 4.22. The fraction of sp³-hybridized carbons (Fsp3) is 0.273. The second-order valence-corrected chi connectivity index (χ2v) is 7.33. The molecular weight excluding hydrogens is 385 g/mol. The zero-order valence-electron chi connectivity index (χ0n) is 16.5. The number of amides is 1. The summed E-state index contributed by atoms with van der Waals surface area (Å²) in [7, 11) is 1.58. The van der Waals surface area contributed by atoms with Crippen molar-refractivity contribution in [2.45, 2.75) is 18.6 Å². The predicted octanol–water partition coefficient (Wildman–Crippen LogP) is 2.05. The molecule has 0 spiro atoms. The monoisotopic (exact) mass is 407 g/mol. The molecule has 2 atom stereocenters. The van der Waals surface area contributed by atoms with E-state index in [1.807, 2.05) is 30.3 Å². The zero-order chi connectivity index (χ0) is 21.1. The maximum absolute atomic E-state index is 14.7. The van der Waals surface area contributed by atoms with Gasteiger partial charge in [-0.3, -0.25) is 19.1 Å². The Morgan fingerprint density at radius 3 is 2.63 bits per heavy atom. The molecule has 1 fully saturated rings. The van der Waals surface area contributed by atoms with E-state index in [9.17, 15) is 14.0 Å². The number of hydrogen-bond donors (Lipinski definition) is 1. The number of aromatic nitrogens is 3. The molecule has 2 aromatic heterocycles. The van der Waals surface area contributed by atoms with Gasteiger partial charge in [0.15, 0.2) is 0 Å². The van der Waals surface area contributed by atoms with Crippen molar-refractivity contribution in [3.8, 4) is 11.3 Å². The summed E-state index contributed by atoms with van der Waals surface area (Å²) in [6.45, 7) is 0.226. The van der Waals surface area contributed by atoms with Crippen LogP contribution in [0.1, 0.15) is 5.56 Å². The molecule has 0 bridgehead atoms. The van der Waals surface area contributed by atoms with Gasteiger partial charge in [-0.25, -0.2) is 9.37 Å². The summed E-state index contributed by atoms with van der Waals surface area (Å²) in [6, 6.07) is 13.7. The highest BCUT2D eigenvalue weighted by Crippen LogP contribution is 2.20. The van der Waals surface area contributed by atoms with Crippen molar-refractivity contribution < 1.29 is 9.18 Å². The van der Waals surface area contributed by atoms with Crippen molar-refractivity contribution in [2.24, 2.45) is 7.05 Å². The van der Waals surface area contributed by atoms with Gasteiger partial charge < -0.3 is 10.2 Å². The second-order valence-electron chi connectivity index (χ2n) is 7.33. The maximum atomic E-state index is 14.7. The molecule has 154 valence electrons. The van der Waals surface area contributed by atoms with Crippen molar-refractivity contribution >= 4 is 11.9 Å². The minimum Gasteiger partial charge on any atom is -0.348 e. The van der Waals surface area contributed by atoms with Crippen LogP contribution >= 0.6 is 0 Å². The smallest absolute Gasteiger partial charge is 0.255 e. The Labute approximate surface area is 173 Å². The molecule has 7 nitrogen and oxygen atoms in total. The lowest BCUT2D eigenvalue weighted by Crippen LogP contribution is -2.35. The van der Waals surface area contributed by atoms with Crippen molar-refractivity contribution in [1.82, 2.24) is 19.4 Å². The number of nitrogens with one attached hydrogen (secondary N) is 1. The van der Waals surface area contributed by atoms with Crippen molar-refractivity contribution in [2.75, 3.05) is 18.4 Å². The van der Waals surface area contributed by atoms with E-state index in [4.69, 9.17) is 0 Å². The Kier molecular flexibility index (Phi) is 5.56. The molecule has 1 amide bonds. The molecular formula is C22H22FN5O2.